The van der Waals surface area contributed by atoms with Crippen LogP contribution in [0.5, 0.6) is 0 Å². The highest BCUT2D eigenvalue weighted by Gasteiger charge is 2.50. The van der Waals surface area contributed by atoms with Crippen molar-refractivity contribution in [2.75, 3.05) is 6.61 Å². The van der Waals surface area contributed by atoms with Crippen molar-refractivity contribution in [1.82, 2.24) is 0 Å². The second-order valence-electron chi connectivity index (χ2n) is 5.34. The van der Waals surface area contributed by atoms with E-state index in [2.05, 4.69) is 20.8 Å². The highest BCUT2D eigenvalue weighted by atomic mass is 16.5. The van der Waals surface area contributed by atoms with Crippen molar-refractivity contribution in [3.63, 3.8) is 0 Å². The lowest BCUT2D eigenvalue weighted by Gasteiger charge is -2.45. The van der Waals surface area contributed by atoms with E-state index in [1.54, 1.807) is 0 Å². The van der Waals surface area contributed by atoms with Crippen molar-refractivity contribution < 1.29 is 4.74 Å². The molecule has 2 fully saturated rings. The van der Waals surface area contributed by atoms with Crippen molar-refractivity contribution in [3.8, 4) is 0 Å². The first-order valence-corrected chi connectivity index (χ1v) is 5.19. The van der Waals surface area contributed by atoms with Gasteiger partial charge in [-0.05, 0) is 37.5 Å². The van der Waals surface area contributed by atoms with E-state index in [0.29, 0.717) is 5.41 Å². The minimum absolute atomic E-state index is 0.224. The van der Waals surface area contributed by atoms with Crippen LogP contribution in [0.25, 0.3) is 0 Å². The van der Waals surface area contributed by atoms with Gasteiger partial charge in [-0.3, -0.25) is 0 Å². The van der Waals surface area contributed by atoms with Crippen LogP contribution in [-0.4, -0.2) is 12.2 Å². The smallest absolute Gasteiger partial charge is 0.0688 e. The monoisotopic (exact) mass is 168 g/mol. The summed E-state index contributed by atoms with van der Waals surface area (Å²) in [4.78, 5) is 0. The second kappa shape index (κ2) is 2.47. The summed E-state index contributed by atoms with van der Waals surface area (Å²) in [5.74, 6) is 0.804. The third kappa shape index (κ3) is 1.10. The zero-order valence-corrected chi connectivity index (χ0v) is 8.52. The van der Waals surface area contributed by atoms with Gasteiger partial charge >= 0.3 is 0 Å². The second-order valence-corrected chi connectivity index (χ2v) is 5.34. The molecule has 1 heteroatoms. The Bertz CT molecular complexity index is 185. The highest BCUT2D eigenvalue weighted by Crippen LogP contribution is 2.52. The van der Waals surface area contributed by atoms with Crippen molar-refractivity contribution in [2.24, 2.45) is 11.3 Å². The largest absolute Gasteiger partial charge is 0.375 e. The SMILES string of the molecule is CC1(C)CCC[C@]2(C)OCC[C@@H]12. The predicted octanol–water partition coefficient (Wildman–Crippen LogP) is 2.99. The van der Waals surface area contributed by atoms with Gasteiger partial charge in [-0.15, -0.1) is 0 Å². The van der Waals surface area contributed by atoms with E-state index in [4.69, 9.17) is 4.74 Å². The first-order chi connectivity index (χ1) is 5.55. The molecule has 70 valence electrons. The highest BCUT2D eigenvalue weighted by molar-refractivity contribution is 4.99. The van der Waals surface area contributed by atoms with Gasteiger partial charge in [0.15, 0.2) is 0 Å². The molecule has 0 aromatic carbocycles. The molecule has 0 unspecified atom stereocenters. The molecule has 1 aliphatic heterocycles. The standard InChI is InChI=1S/C11H20O/c1-10(2)6-4-7-11(3)9(10)5-8-12-11/h9H,4-8H2,1-3H3/t9-,11-/m0/s1. The van der Waals surface area contributed by atoms with E-state index >= 15 is 0 Å². The van der Waals surface area contributed by atoms with E-state index in [9.17, 15) is 0 Å². The summed E-state index contributed by atoms with van der Waals surface area (Å²) in [6.07, 6.45) is 5.29. The summed E-state index contributed by atoms with van der Waals surface area (Å²) in [6, 6.07) is 0. The summed E-state index contributed by atoms with van der Waals surface area (Å²) in [6.45, 7) is 8.11. The number of ether oxygens (including phenoxy) is 1. The van der Waals surface area contributed by atoms with Crippen LogP contribution >= 0.6 is 0 Å². The van der Waals surface area contributed by atoms with Gasteiger partial charge in [0.05, 0.1) is 5.60 Å². The first-order valence-electron chi connectivity index (χ1n) is 5.19. The first kappa shape index (κ1) is 8.55. The summed E-state index contributed by atoms with van der Waals surface area (Å²) < 4.78 is 5.88. The lowest BCUT2D eigenvalue weighted by Crippen LogP contribution is -2.44. The molecule has 0 N–H and O–H groups in total. The Labute approximate surface area is 75.5 Å². The molecule has 0 aromatic heterocycles. The molecule has 2 atom stereocenters. The molecule has 0 spiro atoms. The average molecular weight is 168 g/mol. The lowest BCUT2D eigenvalue weighted by atomic mass is 9.62. The van der Waals surface area contributed by atoms with Gasteiger partial charge in [-0.25, -0.2) is 0 Å². The summed E-state index contributed by atoms with van der Waals surface area (Å²) in [5.41, 5.74) is 0.741. The maximum atomic E-state index is 5.88. The minimum Gasteiger partial charge on any atom is -0.375 e. The number of rotatable bonds is 0. The molecule has 1 saturated heterocycles. The zero-order valence-electron chi connectivity index (χ0n) is 8.52. The average Bonchev–Trinajstić information content (AvgIpc) is 2.31. The summed E-state index contributed by atoms with van der Waals surface area (Å²) in [5, 5.41) is 0. The summed E-state index contributed by atoms with van der Waals surface area (Å²) in [7, 11) is 0. The molecular formula is C11H20O. The normalized spacial score (nSPS) is 45.8. The lowest BCUT2D eigenvalue weighted by molar-refractivity contribution is -0.0698. The molecule has 0 bridgehead atoms. The van der Waals surface area contributed by atoms with E-state index < -0.39 is 0 Å². The Hall–Kier alpha value is -0.0400. The molecule has 0 amide bonds. The van der Waals surface area contributed by atoms with Crippen LogP contribution in [0.4, 0.5) is 0 Å². The van der Waals surface area contributed by atoms with Crippen molar-refractivity contribution >= 4 is 0 Å². The quantitative estimate of drug-likeness (QED) is 0.540. The van der Waals surface area contributed by atoms with Crippen molar-refractivity contribution in [1.29, 1.82) is 0 Å². The van der Waals surface area contributed by atoms with E-state index in [0.717, 1.165) is 12.5 Å². The molecule has 2 rings (SSSR count). The fourth-order valence-corrected chi connectivity index (χ4v) is 3.35. The molecule has 12 heavy (non-hydrogen) atoms. The fraction of sp³-hybridized carbons (Fsp3) is 1.00. The number of hydrogen-bond acceptors (Lipinski definition) is 1. The van der Waals surface area contributed by atoms with Crippen LogP contribution in [-0.2, 0) is 4.74 Å². The maximum absolute atomic E-state index is 5.88. The van der Waals surface area contributed by atoms with Crippen LogP contribution in [0.2, 0.25) is 0 Å². The molecule has 1 aliphatic carbocycles. The Morgan fingerprint density at radius 3 is 2.58 bits per heavy atom. The number of hydrogen-bond donors (Lipinski definition) is 0. The predicted molar refractivity (Wildman–Crippen MR) is 50.1 cm³/mol. The molecule has 1 saturated carbocycles. The van der Waals surface area contributed by atoms with Crippen molar-refractivity contribution in [3.05, 3.63) is 0 Å². The van der Waals surface area contributed by atoms with Crippen LogP contribution in [0.3, 0.4) is 0 Å². The topological polar surface area (TPSA) is 9.23 Å². The van der Waals surface area contributed by atoms with Gasteiger partial charge < -0.3 is 4.74 Å². The zero-order chi connectivity index (χ0) is 8.82. The van der Waals surface area contributed by atoms with Crippen LogP contribution in [0, 0.1) is 11.3 Å². The minimum atomic E-state index is 0.224. The van der Waals surface area contributed by atoms with E-state index in [1.165, 1.54) is 25.7 Å². The van der Waals surface area contributed by atoms with Crippen molar-refractivity contribution in [2.45, 2.75) is 52.1 Å². The Morgan fingerprint density at radius 2 is 1.92 bits per heavy atom. The van der Waals surface area contributed by atoms with Crippen LogP contribution in [0.1, 0.15) is 46.5 Å². The van der Waals surface area contributed by atoms with Gasteiger partial charge in [0.2, 0.25) is 0 Å². The van der Waals surface area contributed by atoms with Gasteiger partial charge in [-0.2, -0.15) is 0 Å². The van der Waals surface area contributed by atoms with E-state index in [-0.39, 0.29) is 5.60 Å². The fourth-order valence-electron chi connectivity index (χ4n) is 3.35. The molecular weight excluding hydrogens is 148 g/mol. The van der Waals surface area contributed by atoms with Gasteiger partial charge in [-0.1, -0.05) is 20.3 Å². The van der Waals surface area contributed by atoms with E-state index in [1.807, 2.05) is 0 Å². The molecule has 1 nitrogen and oxygen atoms in total. The Balaban J connectivity index is 2.24. The molecule has 1 heterocycles. The Kier molecular flexibility index (Phi) is 1.76. The molecule has 0 radical (unpaired) electrons. The van der Waals surface area contributed by atoms with Gasteiger partial charge in [0.1, 0.15) is 0 Å². The summed E-state index contributed by atoms with van der Waals surface area (Å²) >= 11 is 0. The van der Waals surface area contributed by atoms with Crippen LogP contribution in [0.15, 0.2) is 0 Å². The maximum Gasteiger partial charge on any atom is 0.0688 e. The third-order valence-electron chi connectivity index (χ3n) is 4.01. The van der Waals surface area contributed by atoms with Gasteiger partial charge in [0, 0.05) is 6.61 Å². The molecule has 0 aromatic rings. The Morgan fingerprint density at radius 1 is 1.17 bits per heavy atom. The third-order valence-corrected chi connectivity index (χ3v) is 4.01. The van der Waals surface area contributed by atoms with Crippen LogP contribution < -0.4 is 0 Å². The molecule has 2 aliphatic rings. The van der Waals surface area contributed by atoms with Gasteiger partial charge in [0.25, 0.3) is 0 Å². The number of fused-ring (bicyclic) bond motifs is 1.